The zero-order chi connectivity index (χ0) is 15.7. The third-order valence-electron chi connectivity index (χ3n) is 4.31. The number of nitrogens with zero attached hydrogens (tertiary/aromatic N) is 2. The average Bonchev–Trinajstić information content (AvgIpc) is 2.92. The minimum Gasteiger partial charge on any atom is -0.431 e. The van der Waals surface area contributed by atoms with Crippen molar-refractivity contribution in [2.45, 2.75) is 32.9 Å². The van der Waals surface area contributed by atoms with Crippen LogP contribution in [0.15, 0.2) is 34.7 Å². The summed E-state index contributed by atoms with van der Waals surface area (Å²) >= 11 is 0. The Bertz CT molecular complexity index is 672. The van der Waals surface area contributed by atoms with E-state index in [4.69, 9.17) is 4.42 Å². The number of oxazole rings is 1. The van der Waals surface area contributed by atoms with Gasteiger partial charge in [0.05, 0.1) is 5.69 Å². The molecule has 1 aliphatic heterocycles. The van der Waals surface area contributed by atoms with Crippen molar-refractivity contribution in [2.75, 3.05) is 13.1 Å². The molecule has 0 radical (unpaired) electrons. The standard InChI is InChI=1S/C17H21N3O2.ClH/c1-11-13(3)20(10-9-18-11)17(21)15-12(2)19-16(22-15)14-7-5-4-6-8-14;/h4-8,11,13,18H,9-10H2,1-3H3;1H. The number of benzene rings is 1. The van der Waals surface area contributed by atoms with E-state index < -0.39 is 0 Å². The van der Waals surface area contributed by atoms with Gasteiger partial charge in [-0.2, -0.15) is 0 Å². The summed E-state index contributed by atoms with van der Waals surface area (Å²) in [4.78, 5) is 19.1. The summed E-state index contributed by atoms with van der Waals surface area (Å²) in [6.45, 7) is 7.45. The first kappa shape index (κ1) is 17.5. The highest BCUT2D eigenvalue weighted by atomic mass is 35.5. The Labute approximate surface area is 142 Å². The Morgan fingerprint density at radius 2 is 2.00 bits per heavy atom. The van der Waals surface area contributed by atoms with Gasteiger partial charge in [-0.3, -0.25) is 4.79 Å². The van der Waals surface area contributed by atoms with Gasteiger partial charge in [0, 0.05) is 30.7 Å². The van der Waals surface area contributed by atoms with E-state index in [9.17, 15) is 4.79 Å². The fraction of sp³-hybridized carbons (Fsp3) is 0.412. The largest absolute Gasteiger partial charge is 0.431 e. The number of aryl methyl sites for hydroxylation is 1. The smallest absolute Gasteiger partial charge is 0.291 e. The summed E-state index contributed by atoms with van der Waals surface area (Å²) in [5.74, 6) is 0.769. The predicted molar refractivity (Wildman–Crippen MR) is 91.9 cm³/mol. The summed E-state index contributed by atoms with van der Waals surface area (Å²) < 4.78 is 5.78. The van der Waals surface area contributed by atoms with Crippen molar-refractivity contribution in [3.8, 4) is 11.5 Å². The van der Waals surface area contributed by atoms with Crippen LogP contribution in [0.4, 0.5) is 0 Å². The van der Waals surface area contributed by atoms with Crippen molar-refractivity contribution in [3.05, 3.63) is 41.8 Å². The number of halogens is 1. The third-order valence-corrected chi connectivity index (χ3v) is 4.31. The summed E-state index contributed by atoms with van der Waals surface area (Å²) in [6.07, 6.45) is 0. The summed E-state index contributed by atoms with van der Waals surface area (Å²) in [6, 6.07) is 10.0. The van der Waals surface area contributed by atoms with E-state index in [1.807, 2.05) is 42.2 Å². The quantitative estimate of drug-likeness (QED) is 0.916. The molecule has 0 aliphatic carbocycles. The highest BCUT2D eigenvalue weighted by Crippen LogP contribution is 2.23. The normalized spacial score (nSPS) is 20.9. The highest BCUT2D eigenvalue weighted by molar-refractivity contribution is 5.93. The predicted octanol–water partition coefficient (Wildman–Crippen LogP) is 2.89. The summed E-state index contributed by atoms with van der Waals surface area (Å²) in [5, 5.41) is 3.37. The van der Waals surface area contributed by atoms with Crippen molar-refractivity contribution in [1.29, 1.82) is 0 Å². The first-order valence-electron chi connectivity index (χ1n) is 7.65. The van der Waals surface area contributed by atoms with E-state index in [1.54, 1.807) is 0 Å². The highest BCUT2D eigenvalue weighted by Gasteiger charge is 2.32. The molecule has 2 unspecified atom stereocenters. The number of carbonyl (C=O) groups excluding carboxylic acids is 1. The molecule has 2 atom stereocenters. The van der Waals surface area contributed by atoms with Crippen molar-refractivity contribution in [1.82, 2.24) is 15.2 Å². The molecule has 1 N–H and O–H groups in total. The van der Waals surface area contributed by atoms with Gasteiger partial charge in [-0.1, -0.05) is 18.2 Å². The van der Waals surface area contributed by atoms with E-state index in [1.165, 1.54) is 0 Å². The molecule has 0 bridgehead atoms. The number of carbonyl (C=O) groups is 1. The molecule has 5 nitrogen and oxygen atoms in total. The van der Waals surface area contributed by atoms with Crippen LogP contribution >= 0.6 is 12.4 Å². The Morgan fingerprint density at radius 1 is 1.30 bits per heavy atom. The maximum absolute atomic E-state index is 12.8. The Morgan fingerprint density at radius 3 is 2.70 bits per heavy atom. The maximum Gasteiger partial charge on any atom is 0.291 e. The number of hydrogen-bond acceptors (Lipinski definition) is 4. The van der Waals surface area contributed by atoms with Gasteiger partial charge in [-0.15, -0.1) is 12.4 Å². The van der Waals surface area contributed by atoms with E-state index in [-0.39, 0.29) is 30.4 Å². The lowest BCUT2D eigenvalue weighted by Crippen LogP contribution is -2.57. The molecule has 2 aromatic rings. The number of aromatic nitrogens is 1. The lowest BCUT2D eigenvalue weighted by atomic mass is 10.1. The third kappa shape index (κ3) is 3.41. The topological polar surface area (TPSA) is 58.4 Å². The molecule has 1 aromatic carbocycles. The average molecular weight is 336 g/mol. The molecule has 1 saturated heterocycles. The van der Waals surface area contributed by atoms with Gasteiger partial charge >= 0.3 is 0 Å². The molecule has 0 spiro atoms. The van der Waals surface area contributed by atoms with Gasteiger partial charge < -0.3 is 14.6 Å². The second-order valence-electron chi connectivity index (χ2n) is 5.78. The summed E-state index contributed by atoms with van der Waals surface area (Å²) in [5.41, 5.74) is 1.52. The monoisotopic (exact) mass is 335 g/mol. The van der Waals surface area contributed by atoms with Crippen LogP contribution in [0.2, 0.25) is 0 Å². The van der Waals surface area contributed by atoms with Crippen LogP contribution in [0, 0.1) is 6.92 Å². The van der Waals surface area contributed by atoms with Crippen LogP contribution in [-0.4, -0.2) is 41.0 Å². The van der Waals surface area contributed by atoms with E-state index in [0.29, 0.717) is 23.9 Å². The number of rotatable bonds is 2. The fourth-order valence-electron chi connectivity index (χ4n) is 2.77. The lowest BCUT2D eigenvalue weighted by Gasteiger charge is -2.38. The molecular formula is C17H22ClN3O2. The molecule has 23 heavy (non-hydrogen) atoms. The molecule has 6 heteroatoms. The van der Waals surface area contributed by atoms with Crippen LogP contribution in [0.25, 0.3) is 11.5 Å². The van der Waals surface area contributed by atoms with E-state index in [2.05, 4.69) is 24.1 Å². The van der Waals surface area contributed by atoms with Crippen molar-refractivity contribution in [3.63, 3.8) is 0 Å². The minimum atomic E-state index is -0.0759. The first-order valence-corrected chi connectivity index (χ1v) is 7.65. The van der Waals surface area contributed by atoms with Crippen LogP contribution in [0.1, 0.15) is 30.1 Å². The second kappa shape index (κ2) is 7.15. The number of hydrogen-bond donors (Lipinski definition) is 1. The van der Waals surface area contributed by atoms with Gasteiger partial charge in [-0.25, -0.2) is 4.98 Å². The first-order chi connectivity index (χ1) is 10.6. The maximum atomic E-state index is 12.8. The number of nitrogens with one attached hydrogen (secondary N) is 1. The van der Waals surface area contributed by atoms with Crippen LogP contribution in [0.3, 0.4) is 0 Å². The molecule has 0 saturated carbocycles. The van der Waals surface area contributed by atoms with E-state index >= 15 is 0 Å². The van der Waals surface area contributed by atoms with Gasteiger partial charge in [-0.05, 0) is 32.9 Å². The molecule has 1 aliphatic rings. The lowest BCUT2D eigenvalue weighted by molar-refractivity contribution is 0.0570. The Kier molecular flexibility index (Phi) is 5.44. The zero-order valence-corrected chi connectivity index (χ0v) is 14.4. The molecule has 3 rings (SSSR count). The fourth-order valence-corrected chi connectivity index (χ4v) is 2.77. The molecule has 1 fully saturated rings. The SMILES string of the molecule is Cc1nc(-c2ccccc2)oc1C(=O)N1CCNC(C)C1C.Cl. The molecule has 1 aromatic heterocycles. The van der Waals surface area contributed by atoms with Crippen molar-refractivity contribution < 1.29 is 9.21 Å². The molecule has 124 valence electrons. The van der Waals surface area contributed by atoms with Gasteiger partial charge in [0.15, 0.2) is 0 Å². The van der Waals surface area contributed by atoms with Crippen molar-refractivity contribution >= 4 is 18.3 Å². The van der Waals surface area contributed by atoms with Crippen molar-refractivity contribution in [2.24, 2.45) is 0 Å². The van der Waals surface area contributed by atoms with Gasteiger partial charge in [0.2, 0.25) is 11.7 Å². The minimum absolute atomic E-state index is 0. The number of amides is 1. The molecular weight excluding hydrogens is 314 g/mol. The number of piperazine rings is 1. The molecule has 2 heterocycles. The van der Waals surface area contributed by atoms with Crippen LogP contribution < -0.4 is 5.32 Å². The Balaban J connectivity index is 0.00000192. The Hall–Kier alpha value is -1.85. The van der Waals surface area contributed by atoms with Gasteiger partial charge in [0.25, 0.3) is 5.91 Å². The molecule has 1 amide bonds. The van der Waals surface area contributed by atoms with Crippen LogP contribution in [-0.2, 0) is 0 Å². The summed E-state index contributed by atoms with van der Waals surface area (Å²) in [7, 11) is 0. The van der Waals surface area contributed by atoms with E-state index in [0.717, 1.165) is 12.1 Å². The van der Waals surface area contributed by atoms with Crippen LogP contribution in [0.5, 0.6) is 0 Å². The van der Waals surface area contributed by atoms with Gasteiger partial charge in [0.1, 0.15) is 0 Å². The second-order valence-corrected chi connectivity index (χ2v) is 5.78. The zero-order valence-electron chi connectivity index (χ0n) is 13.6.